The Hall–Kier alpha value is -4.24. The smallest absolute Gasteiger partial charge is 0.230 e. The minimum Gasteiger partial charge on any atom is -0.493 e. The molecule has 0 saturated heterocycles. The van der Waals surface area contributed by atoms with Gasteiger partial charge in [-0.3, -0.25) is 9.78 Å². The Morgan fingerprint density at radius 1 is 0.972 bits per heavy atom. The molecule has 1 aromatic heterocycles. The molecule has 184 valence electrons. The van der Waals surface area contributed by atoms with Crippen LogP contribution in [0.4, 0.5) is 10.1 Å². The highest BCUT2D eigenvalue weighted by Gasteiger charge is 2.13. The summed E-state index contributed by atoms with van der Waals surface area (Å²) in [5.74, 6) is 0.910. The molecular formula is C27H24FN3O4S. The number of ether oxygens (including phenoxy) is 3. The van der Waals surface area contributed by atoms with E-state index in [2.05, 4.69) is 15.6 Å². The third-order valence-corrected chi connectivity index (χ3v) is 5.57. The van der Waals surface area contributed by atoms with Crippen LogP contribution in [-0.2, 0) is 11.2 Å². The number of nitrogens with one attached hydrogen (secondary N) is 2. The first-order chi connectivity index (χ1) is 17.4. The molecule has 4 rings (SSSR count). The van der Waals surface area contributed by atoms with Gasteiger partial charge < -0.3 is 24.8 Å². The first-order valence-electron chi connectivity index (χ1n) is 11.0. The molecule has 0 aliphatic rings. The quantitative estimate of drug-likeness (QED) is 0.319. The lowest BCUT2D eigenvalue weighted by atomic mass is 10.1. The highest BCUT2D eigenvalue weighted by atomic mass is 32.1. The molecule has 0 spiro atoms. The largest absolute Gasteiger partial charge is 0.493 e. The maximum Gasteiger partial charge on any atom is 0.230 e. The van der Waals surface area contributed by atoms with E-state index in [1.165, 1.54) is 19.2 Å². The fourth-order valence-corrected chi connectivity index (χ4v) is 3.76. The molecule has 0 aliphatic heterocycles. The van der Waals surface area contributed by atoms with E-state index < -0.39 is 5.82 Å². The second kappa shape index (κ2) is 11.0. The van der Waals surface area contributed by atoms with Crippen LogP contribution in [0, 0.1) is 12.7 Å². The van der Waals surface area contributed by atoms with E-state index in [9.17, 15) is 9.18 Å². The number of halogens is 1. The Morgan fingerprint density at radius 3 is 2.39 bits per heavy atom. The molecule has 0 bridgehead atoms. The van der Waals surface area contributed by atoms with Gasteiger partial charge in [-0.25, -0.2) is 4.39 Å². The molecule has 1 amide bonds. The van der Waals surface area contributed by atoms with Gasteiger partial charge in [0.25, 0.3) is 0 Å². The summed E-state index contributed by atoms with van der Waals surface area (Å²) in [7, 11) is 3.08. The van der Waals surface area contributed by atoms with Gasteiger partial charge in [0.15, 0.2) is 16.6 Å². The second-order valence-corrected chi connectivity index (χ2v) is 8.35. The van der Waals surface area contributed by atoms with Crippen LogP contribution in [0.3, 0.4) is 0 Å². The first-order valence-corrected chi connectivity index (χ1v) is 11.4. The number of hydrogen-bond donors (Lipinski definition) is 2. The molecule has 0 unspecified atom stereocenters. The zero-order valence-electron chi connectivity index (χ0n) is 19.9. The van der Waals surface area contributed by atoms with E-state index in [0.717, 1.165) is 11.1 Å². The van der Waals surface area contributed by atoms with E-state index in [0.29, 0.717) is 28.2 Å². The van der Waals surface area contributed by atoms with Crippen molar-refractivity contribution in [3.05, 3.63) is 83.8 Å². The Morgan fingerprint density at radius 2 is 1.69 bits per heavy atom. The number of aromatic nitrogens is 1. The average molecular weight is 506 g/mol. The molecule has 9 heteroatoms. The van der Waals surface area contributed by atoms with Gasteiger partial charge in [-0.2, -0.15) is 0 Å². The van der Waals surface area contributed by atoms with Crippen molar-refractivity contribution in [1.29, 1.82) is 0 Å². The maximum atomic E-state index is 14.8. The highest BCUT2D eigenvalue weighted by Crippen LogP contribution is 2.37. The van der Waals surface area contributed by atoms with Gasteiger partial charge in [-0.1, -0.05) is 29.8 Å². The van der Waals surface area contributed by atoms with Crippen molar-refractivity contribution < 1.29 is 23.4 Å². The van der Waals surface area contributed by atoms with Crippen LogP contribution in [0.2, 0.25) is 0 Å². The van der Waals surface area contributed by atoms with Crippen LogP contribution < -0.4 is 24.8 Å². The van der Waals surface area contributed by atoms with E-state index >= 15 is 0 Å². The lowest BCUT2D eigenvalue weighted by Gasteiger charge is -2.14. The van der Waals surface area contributed by atoms with Crippen molar-refractivity contribution in [3.8, 4) is 23.0 Å². The molecule has 2 N–H and O–H groups in total. The number of amides is 1. The standard InChI is InChI=1S/C27H24FN3O4S/c1-16-4-6-17(7-5-16)12-26(32)31-27(36)30-21-9-8-18(13-20(21)28)35-23-10-11-29-22-15-25(34-3)24(33-2)14-19(22)23/h4-11,13-15H,12H2,1-3H3,(H2,30,31,32,36). The Balaban J connectivity index is 1.44. The SMILES string of the molecule is COc1cc2nccc(Oc3ccc(NC(=S)NC(=O)Cc4ccc(C)cc4)c(F)c3)c2cc1OC. The molecule has 0 radical (unpaired) electrons. The number of nitrogens with zero attached hydrogens (tertiary/aromatic N) is 1. The molecule has 4 aromatic rings. The lowest BCUT2D eigenvalue weighted by molar-refractivity contribution is -0.119. The van der Waals surface area contributed by atoms with Crippen molar-refractivity contribution in [2.45, 2.75) is 13.3 Å². The third kappa shape index (κ3) is 5.87. The van der Waals surface area contributed by atoms with Gasteiger partial charge in [0.1, 0.15) is 17.3 Å². The Kier molecular flexibility index (Phi) is 7.60. The molecule has 0 atom stereocenters. The number of aryl methyl sites for hydroxylation is 1. The number of rotatable bonds is 7. The van der Waals surface area contributed by atoms with Crippen molar-refractivity contribution in [3.63, 3.8) is 0 Å². The number of anilines is 1. The van der Waals surface area contributed by atoms with Crippen molar-refractivity contribution in [2.24, 2.45) is 0 Å². The Labute approximate surface area is 213 Å². The summed E-state index contributed by atoms with van der Waals surface area (Å²) in [6.45, 7) is 1.97. The maximum absolute atomic E-state index is 14.8. The van der Waals surface area contributed by atoms with E-state index in [1.54, 1.807) is 37.6 Å². The third-order valence-electron chi connectivity index (χ3n) is 5.36. The monoisotopic (exact) mass is 505 g/mol. The number of benzene rings is 3. The summed E-state index contributed by atoms with van der Waals surface area (Å²) in [5.41, 5.74) is 2.70. The number of pyridine rings is 1. The van der Waals surface area contributed by atoms with Gasteiger partial charge >= 0.3 is 0 Å². The van der Waals surface area contributed by atoms with E-state index in [4.69, 9.17) is 26.4 Å². The van der Waals surface area contributed by atoms with Gasteiger partial charge in [0.2, 0.25) is 5.91 Å². The van der Waals surface area contributed by atoms with Gasteiger partial charge in [-0.15, -0.1) is 0 Å². The van der Waals surface area contributed by atoms with Gasteiger partial charge in [0.05, 0.1) is 31.8 Å². The summed E-state index contributed by atoms with van der Waals surface area (Å²) < 4.78 is 31.4. The van der Waals surface area contributed by atoms with Gasteiger partial charge in [0, 0.05) is 23.7 Å². The highest BCUT2D eigenvalue weighted by molar-refractivity contribution is 7.80. The van der Waals surface area contributed by atoms with E-state index in [-0.39, 0.29) is 28.9 Å². The molecular weight excluding hydrogens is 481 g/mol. The van der Waals surface area contributed by atoms with Crippen molar-refractivity contribution in [2.75, 3.05) is 19.5 Å². The van der Waals surface area contributed by atoms with Crippen LogP contribution in [-0.4, -0.2) is 30.2 Å². The number of carbonyl (C=O) groups excluding carboxylic acids is 1. The average Bonchev–Trinajstić information content (AvgIpc) is 2.86. The van der Waals surface area contributed by atoms with E-state index in [1.807, 2.05) is 31.2 Å². The molecule has 0 aliphatic carbocycles. The topological polar surface area (TPSA) is 81.7 Å². The molecule has 0 fully saturated rings. The predicted octanol–water partition coefficient (Wildman–Crippen LogP) is 5.55. The first kappa shape index (κ1) is 24.9. The minimum absolute atomic E-state index is 0.000787. The fourth-order valence-electron chi connectivity index (χ4n) is 3.54. The van der Waals surface area contributed by atoms with Crippen LogP contribution in [0.1, 0.15) is 11.1 Å². The number of fused-ring (bicyclic) bond motifs is 1. The molecule has 7 nitrogen and oxygen atoms in total. The summed E-state index contributed by atoms with van der Waals surface area (Å²) in [4.78, 5) is 16.6. The summed E-state index contributed by atoms with van der Waals surface area (Å²) in [6, 6.07) is 17.1. The zero-order chi connectivity index (χ0) is 25.7. The fraction of sp³-hybridized carbons (Fsp3) is 0.148. The normalized spacial score (nSPS) is 10.6. The van der Waals surface area contributed by atoms with Gasteiger partial charge in [-0.05, 0) is 49.0 Å². The second-order valence-electron chi connectivity index (χ2n) is 7.94. The molecule has 3 aromatic carbocycles. The number of hydrogen-bond acceptors (Lipinski definition) is 6. The summed E-state index contributed by atoms with van der Waals surface area (Å²) in [5, 5.41) is 5.96. The van der Waals surface area contributed by atoms with Crippen LogP contribution in [0.15, 0.2) is 66.9 Å². The Bertz CT molecular complexity index is 1430. The summed E-state index contributed by atoms with van der Waals surface area (Å²) >= 11 is 5.17. The lowest BCUT2D eigenvalue weighted by Crippen LogP contribution is -2.35. The minimum atomic E-state index is -0.597. The van der Waals surface area contributed by atoms with Crippen LogP contribution >= 0.6 is 12.2 Å². The number of thiocarbonyl (C=S) groups is 1. The summed E-state index contributed by atoms with van der Waals surface area (Å²) in [6.07, 6.45) is 1.75. The molecule has 1 heterocycles. The predicted molar refractivity (Wildman–Crippen MR) is 141 cm³/mol. The zero-order valence-corrected chi connectivity index (χ0v) is 20.7. The van der Waals surface area contributed by atoms with Crippen molar-refractivity contribution in [1.82, 2.24) is 10.3 Å². The van der Waals surface area contributed by atoms with Crippen LogP contribution in [0.25, 0.3) is 10.9 Å². The van der Waals surface area contributed by atoms with Crippen LogP contribution in [0.5, 0.6) is 23.0 Å². The number of carbonyl (C=O) groups is 1. The van der Waals surface area contributed by atoms with Crippen molar-refractivity contribution >= 4 is 39.8 Å². The molecule has 0 saturated carbocycles. The molecule has 36 heavy (non-hydrogen) atoms. The number of methoxy groups -OCH3 is 2.